The molecule has 0 amide bonds. The minimum Gasteiger partial charge on any atom is -0.358 e. The number of benzene rings is 1. The molecule has 0 aliphatic heterocycles. The Kier molecular flexibility index (Phi) is 6.22. The molecular formula is C25H33F3N2. The van der Waals surface area contributed by atoms with Crippen LogP contribution < -0.4 is 0 Å². The highest BCUT2D eigenvalue weighted by molar-refractivity contribution is 5.80. The van der Waals surface area contributed by atoms with Crippen molar-refractivity contribution in [3.63, 3.8) is 0 Å². The molecule has 0 saturated heterocycles. The van der Waals surface area contributed by atoms with Gasteiger partial charge in [-0.1, -0.05) is 53.7 Å². The average molecular weight is 419 g/mol. The lowest BCUT2D eigenvalue weighted by atomic mass is 9.67. The average Bonchev–Trinajstić information content (AvgIpc) is 3.17. The maximum absolute atomic E-state index is 13.1. The molecule has 1 aromatic carbocycles. The molecule has 1 aliphatic rings. The van der Waals surface area contributed by atoms with Gasteiger partial charge in [-0.15, -0.1) is 0 Å². The number of H-pyrrole nitrogens is 1. The quantitative estimate of drug-likeness (QED) is 0.486. The van der Waals surface area contributed by atoms with Gasteiger partial charge < -0.3 is 4.98 Å². The van der Waals surface area contributed by atoms with Crippen molar-refractivity contribution < 1.29 is 13.2 Å². The van der Waals surface area contributed by atoms with Gasteiger partial charge in [0.15, 0.2) is 0 Å². The Hall–Kier alpha value is -2.04. The summed E-state index contributed by atoms with van der Waals surface area (Å²) in [7, 11) is 0. The highest BCUT2D eigenvalue weighted by Gasteiger charge is 2.48. The number of rotatable bonds is 5. The van der Waals surface area contributed by atoms with Gasteiger partial charge in [-0.2, -0.15) is 13.2 Å². The fourth-order valence-electron chi connectivity index (χ4n) is 5.73. The van der Waals surface area contributed by atoms with E-state index in [4.69, 9.17) is 0 Å². The van der Waals surface area contributed by atoms with Crippen molar-refractivity contribution >= 4 is 11.9 Å². The highest BCUT2D eigenvalue weighted by atomic mass is 19.4. The van der Waals surface area contributed by atoms with Gasteiger partial charge in [0, 0.05) is 5.69 Å². The fraction of sp³-hybridized carbons (Fsp3) is 0.560. The summed E-state index contributed by atoms with van der Waals surface area (Å²) in [6, 6.07) is 9.30. The molecule has 30 heavy (non-hydrogen) atoms. The second-order valence-corrected chi connectivity index (χ2v) is 9.84. The van der Waals surface area contributed by atoms with Crippen LogP contribution in [0.1, 0.15) is 58.5 Å². The second kappa shape index (κ2) is 8.24. The Morgan fingerprint density at radius 1 is 0.900 bits per heavy atom. The maximum atomic E-state index is 13.1. The summed E-state index contributed by atoms with van der Waals surface area (Å²) in [6.45, 7) is 14.2. The lowest BCUT2D eigenvalue weighted by Gasteiger charge is -2.38. The van der Waals surface area contributed by atoms with E-state index in [-0.39, 0.29) is 11.1 Å². The van der Waals surface area contributed by atoms with Crippen molar-refractivity contribution in [3.05, 3.63) is 53.3 Å². The van der Waals surface area contributed by atoms with E-state index in [1.165, 1.54) is 18.3 Å². The van der Waals surface area contributed by atoms with Gasteiger partial charge in [-0.05, 0) is 65.7 Å². The Labute approximate surface area is 178 Å². The monoisotopic (exact) mass is 418 g/mol. The molecule has 2 aromatic rings. The van der Waals surface area contributed by atoms with Gasteiger partial charge in [0.25, 0.3) is 0 Å². The Morgan fingerprint density at radius 3 is 2.10 bits per heavy atom. The number of aliphatic imine (C=N–C) groups is 1. The highest BCUT2D eigenvalue weighted by Crippen LogP contribution is 2.53. The predicted octanol–water partition coefficient (Wildman–Crippen LogP) is 7.53. The van der Waals surface area contributed by atoms with Crippen LogP contribution in [0.15, 0.2) is 41.4 Å². The summed E-state index contributed by atoms with van der Waals surface area (Å²) in [5.74, 6) is 3.38. The van der Waals surface area contributed by atoms with E-state index in [1.54, 1.807) is 6.07 Å². The molecule has 0 radical (unpaired) electrons. The Morgan fingerprint density at radius 2 is 1.50 bits per heavy atom. The first-order valence-electron chi connectivity index (χ1n) is 10.8. The van der Waals surface area contributed by atoms with Crippen molar-refractivity contribution in [1.29, 1.82) is 0 Å². The third-order valence-electron chi connectivity index (χ3n) is 7.49. The van der Waals surface area contributed by atoms with Crippen LogP contribution in [-0.2, 0) is 12.6 Å². The molecule has 3 rings (SSSR count). The molecule has 4 atom stereocenters. The van der Waals surface area contributed by atoms with Gasteiger partial charge in [0.1, 0.15) is 0 Å². The van der Waals surface area contributed by atoms with E-state index >= 15 is 0 Å². The normalized spacial score (nSPS) is 27.8. The van der Waals surface area contributed by atoms with E-state index < -0.39 is 11.7 Å². The van der Waals surface area contributed by atoms with E-state index in [9.17, 15) is 13.2 Å². The lowest BCUT2D eigenvalue weighted by Crippen LogP contribution is -2.33. The third-order valence-corrected chi connectivity index (χ3v) is 7.49. The molecule has 164 valence electrons. The number of hydrogen-bond acceptors (Lipinski definition) is 1. The van der Waals surface area contributed by atoms with E-state index in [1.807, 2.05) is 12.1 Å². The first-order chi connectivity index (χ1) is 13.9. The zero-order chi connectivity index (χ0) is 22.3. The maximum Gasteiger partial charge on any atom is 0.418 e. The van der Waals surface area contributed by atoms with Crippen LogP contribution >= 0.6 is 0 Å². The first-order valence-corrected chi connectivity index (χ1v) is 10.8. The summed E-state index contributed by atoms with van der Waals surface area (Å²) in [5.41, 5.74) is 1.14. The molecule has 1 N–H and O–H groups in total. The van der Waals surface area contributed by atoms with E-state index in [2.05, 4.69) is 51.5 Å². The van der Waals surface area contributed by atoms with Gasteiger partial charge in [-0.3, -0.25) is 4.99 Å². The molecule has 0 spiro atoms. The summed E-state index contributed by atoms with van der Waals surface area (Å²) >= 11 is 0. The second-order valence-electron chi connectivity index (χ2n) is 9.84. The largest absolute Gasteiger partial charge is 0.418 e. The van der Waals surface area contributed by atoms with Crippen LogP contribution in [0.5, 0.6) is 0 Å². The van der Waals surface area contributed by atoms with Gasteiger partial charge in [0.05, 0.1) is 23.2 Å². The Bertz CT molecular complexity index is 880. The lowest BCUT2D eigenvalue weighted by molar-refractivity contribution is -0.137. The molecule has 1 fully saturated rings. The number of halogens is 3. The van der Waals surface area contributed by atoms with Crippen molar-refractivity contribution in [1.82, 2.24) is 4.98 Å². The zero-order valence-electron chi connectivity index (χ0n) is 18.7. The van der Waals surface area contributed by atoms with Crippen molar-refractivity contribution in [2.75, 3.05) is 0 Å². The van der Waals surface area contributed by atoms with Gasteiger partial charge >= 0.3 is 6.18 Å². The topological polar surface area (TPSA) is 28.1 Å². The smallest absolute Gasteiger partial charge is 0.358 e. The van der Waals surface area contributed by atoms with Crippen LogP contribution in [-0.4, -0.2) is 11.2 Å². The van der Waals surface area contributed by atoms with Crippen LogP contribution in [0.25, 0.3) is 0 Å². The molecule has 1 aromatic heterocycles. The number of alkyl halides is 3. The van der Waals surface area contributed by atoms with Crippen LogP contribution in [0, 0.1) is 35.0 Å². The molecule has 5 heteroatoms. The summed E-state index contributed by atoms with van der Waals surface area (Å²) < 4.78 is 39.4. The van der Waals surface area contributed by atoms with Crippen LogP contribution in [0.2, 0.25) is 0 Å². The summed E-state index contributed by atoms with van der Waals surface area (Å²) in [4.78, 5) is 7.44. The molecule has 4 unspecified atom stereocenters. The molecule has 1 aliphatic carbocycles. The molecule has 2 nitrogen and oxygen atoms in total. The molecular weight excluding hydrogens is 385 g/mol. The Balaban J connectivity index is 1.75. The number of aromatic amines is 1. The molecule has 0 bridgehead atoms. The number of hydrogen-bond donors (Lipinski definition) is 1. The van der Waals surface area contributed by atoms with Crippen LogP contribution in [0.4, 0.5) is 18.9 Å². The zero-order valence-corrected chi connectivity index (χ0v) is 18.7. The number of para-hydroxylation sites is 1. The summed E-state index contributed by atoms with van der Waals surface area (Å²) in [6.07, 6.45) is -2.04. The van der Waals surface area contributed by atoms with Crippen molar-refractivity contribution in [2.45, 2.75) is 54.1 Å². The standard InChI is InChI=1S/C25H33F3N2/c1-15-16(2)18(4)23(17(15)3)24(5,6)13-19-11-12-20(30-19)14-29-22-10-8-7-9-21(22)25(26,27)28/h7-12,14-18,23,30H,13H2,1-6H3. The number of aromatic nitrogens is 1. The fourth-order valence-corrected chi connectivity index (χ4v) is 5.73. The first kappa shape index (κ1) is 22.6. The number of nitrogens with one attached hydrogen (secondary N) is 1. The molecule has 1 heterocycles. The SMILES string of the molecule is CC1C(C)C(C)C(C(C)(C)Cc2ccc(C=Nc3ccccc3C(F)(F)F)[nH]2)C1C. The van der Waals surface area contributed by atoms with Gasteiger partial charge in [0.2, 0.25) is 0 Å². The van der Waals surface area contributed by atoms with E-state index in [0.717, 1.165) is 18.2 Å². The summed E-state index contributed by atoms with van der Waals surface area (Å²) in [5, 5.41) is 0. The van der Waals surface area contributed by atoms with Gasteiger partial charge in [-0.25, -0.2) is 0 Å². The minimum atomic E-state index is -4.41. The van der Waals surface area contributed by atoms with Crippen molar-refractivity contribution in [3.8, 4) is 0 Å². The predicted molar refractivity (Wildman–Crippen MR) is 117 cm³/mol. The molecule has 1 saturated carbocycles. The van der Waals surface area contributed by atoms with Crippen molar-refractivity contribution in [2.24, 2.45) is 40.0 Å². The van der Waals surface area contributed by atoms with E-state index in [0.29, 0.717) is 35.3 Å². The number of nitrogens with zero attached hydrogens (tertiary/aromatic N) is 1. The van der Waals surface area contributed by atoms with Crippen LogP contribution in [0.3, 0.4) is 0 Å². The third kappa shape index (κ3) is 4.50. The minimum absolute atomic E-state index is 0.0712.